The van der Waals surface area contributed by atoms with E-state index in [1.54, 1.807) is 0 Å². The topological polar surface area (TPSA) is 47.3 Å². The average molecular weight is 204 g/mol. The van der Waals surface area contributed by atoms with Crippen molar-refractivity contribution in [1.29, 1.82) is 0 Å². The molecule has 3 nitrogen and oxygen atoms in total. The van der Waals surface area contributed by atoms with Crippen LogP contribution in [0.3, 0.4) is 0 Å². The number of hydrogen-bond donors (Lipinski definition) is 2. The lowest BCUT2D eigenvalue weighted by molar-refractivity contribution is 0.0766. The molecular formula is C12H16N2O. The molecule has 80 valence electrons. The van der Waals surface area contributed by atoms with Crippen LogP contribution in [0.4, 0.5) is 11.4 Å². The quantitative estimate of drug-likeness (QED) is 0.637. The molecule has 15 heavy (non-hydrogen) atoms. The molecule has 0 unspecified atom stereocenters. The number of para-hydroxylation sites is 1. The van der Waals surface area contributed by atoms with E-state index in [-0.39, 0.29) is 0 Å². The van der Waals surface area contributed by atoms with Gasteiger partial charge in [-0.3, -0.25) is 0 Å². The first-order valence-electron chi connectivity index (χ1n) is 5.54. The van der Waals surface area contributed by atoms with Gasteiger partial charge in [-0.25, -0.2) is 0 Å². The Balaban J connectivity index is 1.91. The zero-order chi connectivity index (χ0) is 10.3. The van der Waals surface area contributed by atoms with Crippen molar-refractivity contribution < 1.29 is 4.74 Å². The molecule has 1 heterocycles. The molecule has 0 radical (unpaired) electrons. The Morgan fingerprint density at radius 3 is 2.93 bits per heavy atom. The predicted octanol–water partition coefficient (Wildman–Crippen LogP) is 2.24. The summed E-state index contributed by atoms with van der Waals surface area (Å²) in [4.78, 5) is 0. The lowest BCUT2D eigenvalue weighted by atomic mass is 9.69. The molecule has 3 rings (SSSR count). The van der Waals surface area contributed by atoms with Crippen LogP contribution in [0.5, 0.6) is 5.75 Å². The minimum absolute atomic E-state index is 0.367. The van der Waals surface area contributed by atoms with Gasteiger partial charge in [-0.15, -0.1) is 0 Å². The van der Waals surface area contributed by atoms with Crippen LogP contribution < -0.4 is 15.8 Å². The third-order valence-electron chi connectivity index (χ3n) is 3.65. The fraction of sp³-hybridized carbons (Fsp3) is 0.500. The second-order valence-electron chi connectivity index (χ2n) is 4.72. The number of rotatable bonds is 0. The van der Waals surface area contributed by atoms with Gasteiger partial charge in [0.05, 0.1) is 12.3 Å². The van der Waals surface area contributed by atoms with Crippen LogP contribution in [0.25, 0.3) is 0 Å². The largest absolute Gasteiger partial charge is 0.491 e. The molecule has 0 aromatic heterocycles. The standard InChI is InChI=1S/C12H16N2O/c13-9-3-1-4-10-11(9)14-7-12(8-15-10)5-2-6-12/h1,3-4,14H,2,5-8,13H2. The summed E-state index contributed by atoms with van der Waals surface area (Å²) in [7, 11) is 0. The Labute approximate surface area is 89.6 Å². The van der Waals surface area contributed by atoms with Gasteiger partial charge >= 0.3 is 0 Å². The highest BCUT2D eigenvalue weighted by Gasteiger charge is 2.39. The Bertz CT molecular complexity index is 385. The van der Waals surface area contributed by atoms with Crippen LogP contribution in [0.2, 0.25) is 0 Å². The van der Waals surface area contributed by atoms with Crippen molar-refractivity contribution >= 4 is 11.4 Å². The fourth-order valence-corrected chi connectivity index (χ4v) is 2.41. The Morgan fingerprint density at radius 1 is 1.33 bits per heavy atom. The van der Waals surface area contributed by atoms with E-state index in [2.05, 4.69) is 5.32 Å². The molecule has 0 atom stereocenters. The normalized spacial score (nSPS) is 21.9. The first-order valence-corrected chi connectivity index (χ1v) is 5.54. The molecule has 1 saturated carbocycles. The highest BCUT2D eigenvalue weighted by atomic mass is 16.5. The number of anilines is 2. The molecule has 0 saturated heterocycles. The molecule has 1 aromatic rings. The molecule has 0 amide bonds. The minimum atomic E-state index is 0.367. The number of hydrogen-bond acceptors (Lipinski definition) is 3. The van der Waals surface area contributed by atoms with Crippen molar-refractivity contribution in [3.05, 3.63) is 18.2 Å². The van der Waals surface area contributed by atoms with E-state index in [0.29, 0.717) is 5.41 Å². The van der Waals surface area contributed by atoms with Gasteiger partial charge in [-0.2, -0.15) is 0 Å². The third-order valence-corrected chi connectivity index (χ3v) is 3.65. The number of nitrogens with one attached hydrogen (secondary N) is 1. The number of nitrogens with two attached hydrogens (primary N) is 1. The van der Waals surface area contributed by atoms with Gasteiger partial charge in [0.25, 0.3) is 0 Å². The Morgan fingerprint density at radius 2 is 2.20 bits per heavy atom. The summed E-state index contributed by atoms with van der Waals surface area (Å²) in [6.45, 7) is 1.82. The zero-order valence-corrected chi connectivity index (χ0v) is 8.75. The van der Waals surface area contributed by atoms with Crippen molar-refractivity contribution in [2.75, 3.05) is 24.2 Å². The Hall–Kier alpha value is -1.38. The molecule has 1 aromatic carbocycles. The second-order valence-corrected chi connectivity index (χ2v) is 4.72. The van der Waals surface area contributed by atoms with E-state index in [1.165, 1.54) is 19.3 Å². The number of benzene rings is 1. The fourth-order valence-electron chi connectivity index (χ4n) is 2.41. The molecule has 1 fully saturated rings. The van der Waals surface area contributed by atoms with Crippen molar-refractivity contribution in [3.8, 4) is 5.75 Å². The smallest absolute Gasteiger partial charge is 0.144 e. The highest BCUT2D eigenvalue weighted by molar-refractivity contribution is 5.73. The highest BCUT2D eigenvalue weighted by Crippen LogP contribution is 2.45. The molecule has 1 aliphatic carbocycles. The van der Waals surface area contributed by atoms with Gasteiger partial charge < -0.3 is 15.8 Å². The van der Waals surface area contributed by atoms with Gasteiger partial charge in [0, 0.05) is 12.0 Å². The van der Waals surface area contributed by atoms with Crippen LogP contribution in [-0.2, 0) is 0 Å². The van der Waals surface area contributed by atoms with Gasteiger partial charge in [-0.1, -0.05) is 12.5 Å². The molecular weight excluding hydrogens is 188 g/mol. The molecule has 1 aliphatic heterocycles. The molecule has 2 aliphatic rings. The van der Waals surface area contributed by atoms with Crippen LogP contribution in [-0.4, -0.2) is 13.2 Å². The molecule has 1 spiro atoms. The number of ether oxygens (including phenoxy) is 1. The van der Waals surface area contributed by atoms with Gasteiger partial charge in [0.2, 0.25) is 0 Å². The Kier molecular flexibility index (Phi) is 1.81. The second kappa shape index (κ2) is 3.05. The first kappa shape index (κ1) is 8.89. The van der Waals surface area contributed by atoms with Crippen molar-refractivity contribution in [1.82, 2.24) is 0 Å². The van der Waals surface area contributed by atoms with Gasteiger partial charge in [-0.05, 0) is 25.0 Å². The van der Waals surface area contributed by atoms with Crippen LogP contribution >= 0.6 is 0 Å². The predicted molar refractivity (Wildman–Crippen MR) is 61.1 cm³/mol. The summed E-state index contributed by atoms with van der Waals surface area (Å²) < 4.78 is 5.84. The first-order chi connectivity index (χ1) is 7.29. The summed E-state index contributed by atoms with van der Waals surface area (Å²) in [5, 5.41) is 3.44. The van der Waals surface area contributed by atoms with Crippen LogP contribution in [0, 0.1) is 5.41 Å². The molecule has 0 bridgehead atoms. The maximum atomic E-state index is 5.92. The van der Waals surface area contributed by atoms with Crippen molar-refractivity contribution in [3.63, 3.8) is 0 Å². The van der Waals surface area contributed by atoms with E-state index >= 15 is 0 Å². The zero-order valence-electron chi connectivity index (χ0n) is 8.75. The minimum Gasteiger partial charge on any atom is -0.491 e. The van der Waals surface area contributed by atoms with E-state index in [1.807, 2.05) is 18.2 Å². The maximum Gasteiger partial charge on any atom is 0.144 e. The number of nitrogen functional groups attached to an aromatic ring is 1. The molecule has 3 heteroatoms. The van der Waals surface area contributed by atoms with Crippen LogP contribution in [0.1, 0.15) is 19.3 Å². The van der Waals surface area contributed by atoms with Crippen molar-refractivity contribution in [2.24, 2.45) is 5.41 Å². The summed E-state index contributed by atoms with van der Waals surface area (Å²) in [6.07, 6.45) is 3.87. The van der Waals surface area contributed by atoms with Gasteiger partial charge in [0.1, 0.15) is 11.4 Å². The summed E-state index contributed by atoms with van der Waals surface area (Å²) in [5.74, 6) is 0.902. The van der Waals surface area contributed by atoms with E-state index in [0.717, 1.165) is 30.3 Å². The number of fused-ring (bicyclic) bond motifs is 1. The SMILES string of the molecule is Nc1cccc2c1NCC1(CCC1)CO2. The maximum absolute atomic E-state index is 5.92. The summed E-state index contributed by atoms with van der Waals surface area (Å²) in [5.41, 5.74) is 8.04. The molecule has 3 N–H and O–H groups in total. The van der Waals surface area contributed by atoms with Crippen LogP contribution in [0.15, 0.2) is 18.2 Å². The lowest BCUT2D eigenvalue weighted by Gasteiger charge is -2.40. The summed E-state index contributed by atoms with van der Waals surface area (Å²) >= 11 is 0. The third kappa shape index (κ3) is 1.34. The summed E-state index contributed by atoms with van der Waals surface area (Å²) in [6, 6.07) is 5.83. The van der Waals surface area contributed by atoms with E-state index < -0.39 is 0 Å². The van der Waals surface area contributed by atoms with Crippen molar-refractivity contribution in [2.45, 2.75) is 19.3 Å². The monoisotopic (exact) mass is 204 g/mol. The average Bonchev–Trinajstić information content (AvgIpc) is 2.37. The van der Waals surface area contributed by atoms with Gasteiger partial charge in [0.15, 0.2) is 0 Å². The van der Waals surface area contributed by atoms with E-state index in [9.17, 15) is 0 Å². The van der Waals surface area contributed by atoms with E-state index in [4.69, 9.17) is 10.5 Å². The lowest BCUT2D eigenvalue weighted by Crippen LogP contribution is -2.40.